The number of hydrogen-bond acceptors (Lipinski definition) is 3. The number of rotatable bonds is 8. The molecule has 5 heteroatoms. The Kier molecular flexibility index (Phi) is 7.59. The smallest absolute Gasteiger partial charge is 0.320 e. The van der Waals surface area contributed by atoms with Crippen molar-refractivity contribution in [3.05, 3.63) is 0 Å². The molecule has 0 aliphatic rings. The van der Waals surface area contributed by atoms with Crippen LogP contribution in [0.3, 0.4) is 0 Å². The average Bonchev–Trinajstić information content (AvgIpc) is 2.22. The van der Waals surface area contributed by atoms with Crippen LogP contribution in [0.5, 0.6) is 0 Å². The van der Waals surface area contributed by atoms with Gasteiger partial charge in [0.15, 0.2) is 0 Å². The molecule has 0 aliphatic carbocycles. The molecule has 0 radical (unpaired) electrons. The van der Waals surface area contributed by atoms with E-state index in [0.717, 1.165) is 0 Å². The third-order valence-electron chi connectivity index (χ3n) is 2.45. The van der Waals surface area contributed by atoms with Crippen molar-refractivity contribution in [2.24, 2.45) is 11.8 Å². The quantitative estimate of drug-likeness (QED) is 0.686. The van der Waals surface area contributed by atoms with Crippen LogP contribution in [0.2, 0.25) is 0 Å². The Balaban J connectivity index is 4.32. The van der Waals surface area contributed by atoms with Crippen molar-refractivity contribution >= 4 is 11.9 Å². The zero-order chi connectivity index (χ0) is 14.3. The lowest BCUT2D eigenvalue weighted by Gasteiger charge is -2.27. The Labute approximate surface area is 110 Å². The van der Waals surface area contributed by atoms with E-state index in [4.69, 9.17) is 5.11 Å². The molecule has 0 aromatic heterocycles. The maximum Gasteiger partial charge on any atom is 0.320 e. The summed E-state index contributed by atoms with van der Waals surface area (Å²) in [4.78, 5) is 24.5. The number of carbonyl (C=O) groups excluding carboxylic acids is 1. The molecular weight excluding hydrogens is 232 g/mol. The fourth-order valence-electron chi connectivity index (χ4n) is 1.60. The highest BCUT2D eigenvalue weighted by Crippen LogP contribution is 2.04. The summed E-state index contributed by atoms with van der Waals surface area (Å²) in [6.45, 7) is 11.3. The summed E-state index contributed by atoms with van der Waals surface area (Å²) in [5.74, 6) is -0.165. The van der Waals surface area contributed by atoms with E-state index < -0.39 is 12.0 Å². The van der Waals surface area contributed by atoms with Gasteiger partial charge >= 0.3 is 5.97 Å². The number of amides is 1. The Morgan fingerprint density at radius 2 is 1.50 bits per heavy atom. The van der Waals surface area contributed by atoms with Crippen LogP contribution in [-0.4, -0.2) is 47.6 Å². The molecule has 0 aromatic carbocycles. The van der Waals surface area contributed by atoms with Crippen LogP contribution >= 0.6 is 0 Å². The minimum absolute atomic E-state index is 0.0366. The first kappa shape index (κ1) is 16.9. The highest BCUT2D eigenvalue weighted by molar-refractivity contribution is 5.79. The zero-order valence-electron chi connectivity index (χ0n) is 12.1. The number of nitrogens with zero attached hydrogens (tertiary/aromatic N) is 1. The molecule has 1 unspecified atom stereocenters. The third-order valence-corrected chi connectivity index (χ3v) is 2.45. The van der Waals surface area contributed by atoms with Crippen LogP contribution in [0.4, 0.5) is 0 Å². The van der Waals surface area contributed by atoms with Crippen molar-refractivity contribution < 1.29 is 14.7 Å². The van der Waals surface area contributed by atoms with E-state index in [2.05, 4.69) is 33.0 Å². The molecule has 0 aliphatic heterocycles. The maximum atomic E-state index is 12.0. The van der Waals surface area contributed by atoms with Crippen molar-refractivity contribution in [3.8, 4) is 0 Å². The number of carbonyl (C=O) groups is 2. The Hall–Kier alpha value is -1.10. The zero-order valence-corrected chi connectivity index (χ0v) is 12.1. The second-order valence-electron chi connectivity index (χ2n) is 5.53. The van der Waals surface area contributed by atoms with E-state index in [1.807, 2.05) is 0 Å². The lowest BCUT2D eigenvalue weighted by atomic mass is 10.1. The minimum Gasteiger partial charge on any atom is -0.480 e. The standard InChI is InChI=1S/C13H26N2O3/c1-9(2)7-15(8-10(3)4)12(16)6-14-11(5)13(17)18/h9-11,14H,6-8H2,1-5H3,(H,17,18). The minimum atomic E-state index is -0.943. The van der Waals surface area contributed by atoms with Crippen LogP contribution in [0.15, 0.2) is 0 Å². The monoisotopic (exact) mass is 258 g/mol. The van der Waals surface area contributed by atoms with E-state index in [1.165, 1.54) is 6.92 Å². The van der Waals surface area contributed by atoms with Crippen LogP contribution in [-0.2, 0) is 9.59 Å². The van der Waals surface area contributed by atoms with Gasteiger partial charge in [0.05, 0.1) is 6.54 Å². The van der Waals surface area contributed by atoms with Gasteiger partial charge in [-0.1, -0.05) is 27.7 Å². The van der Waals surface area contributed by atoms with E-state index in [-0.39, 0.29) is 12.5 Å². The van der Waals surface area contributed by atoms with Gasteiger partial charge in [-0.3, -0.25) is 14.9 Å². The second-order valence-corrected chi connectivity index (χ2v) is 5.53. The van der Waals surface area contributed by atoms with Crippen molar-refractivity contribution in [1.29, 1.82) is 0 Å². The SMILES string of the molecule is CC(C)CN(CC(C)C)C(=O)CNC(C)C(=O)O. The van der Waals surface area contributed by atoms with Gasteiger partial charge in [0, 0.05) is 13.1 Å². The van der Waals surface area contributed by atoms with E-state index in [1.54, 1.807) is 4.90 Å². The Bertz CT molecular complexity index is 267. The molecule has 1 amide bonds. The van der Waals surface area contributed by atoms with Crippen molar-refractivity contribution in [2.75, 3.05) is 19.6 Å². The molecular formula is C13H26N2O3. The molecule has 1 atom stereocenters. The van der Waals surface area contributed by atoms with Crippen LogP contribution < -0.4 is 5.32 Å². The molecule has 0 bridgehead atoms. The topological polar surface area (TPSA) is 69.6 Å². The molecule has 0 heterocycles. The highest BCUT2D eigenvalue weighted by atomic mass is 16.4. The van der Waals surface area contributed by atoms with E-state index >= 15 is 0 Å². The molecule has 0 saturated heterocycles. The first-order valence-corrected chi connectivity index (χ1v) is 6.48. The molecule has 106 valence electrons. The van der Waals surface area contributed by atoms with Crippen LogP contribution in [0.1, 0.15) is 34.6 Å². The summed E-state index contributed by atoms with van der Waals surface area (Å²) in [5.41, 5.74) is 0. The van der Waals surface area contributed by atoms with Gasteiger partial charge in [-0.15, -0.1) is 0 Å². The Morgan fingerprint density at radius 1 is 1.06 bits per heavy atom. The van der Waals surface area contributed by atoms with E-state index in [9.17, 15) is 9.59 Å². The normalized spacial score (nSPS) is 12.8. The predicted octanol–water partition coefficient (Wildman–Crippen LogP) is 1.19. The van der Waals surface area contributed by atoms with Gasteiger partial charge in [-0.25, -0.2) is 0 Å². The summed E-state index contributed by atoms with van der Waals surface area (Å²) < 4.78 is 0. The van der Waals surface area contributed by atoms with Gasteiger partial charge in [-0.2, -0.15) is 0 Å². The first-order valence-electron chi connectivity index (χ1n) is 6.48. The summed E-state index contributed by atoms with van der Waals surface area (Å²) in [6, 6.07) is -0.700. The number of nitrogens with one attached hydrogen (secondary N) is 1. The highest BCUT2D eigenvalue weighted by Gasteiger charge is 2.18. The van der Waals surface area contributed by atoms with Crippen LogP contribution in [0.25, 0.3) is 0 Å². The lowest BCUT2D eigenvalue weighted by Crippen LogP contribution is -2.45. The van der Waals surface area contributed by atoms with Gasteiger partial charge in [0.2, 0.25) is 5.91 Å². The number of carboxylic acid groups (broad SMARTS) is 1. The third kappa shape index (κ3) is 7.27. The molecule has 5 nitrogen and oxygen atoms in total. The molecule has 0 saturated carbocycles. The fourth-order valence-corrected chi connectivity index (χ4v) is 1.60. The molecule has 0 spiro atoms. The summed E-state index contributed by atoms with van der Waals surface area (Å²) in [6.07, 6.45) is 0. The lowest BCUT2D eigenvalue weighted by molar-refractivity contribution is -0.139. The molecule has 2 N–H and O–H groups in total. The van der Waals surface area contributed by atoms with Crippen molar-refractivity contribution in [2.45, 2.75) is 40.7 Å². The summed E-state index contributed by atoms with van der Waals surface area (Å²) in [7, 11) is 0. The molecule has 0 rings (SSSR count). The predicted molar refractivity (Wildman–Crippen MR) is 71.4 cm³/mol. The Morgan fingerprint density at radius 3 is 1.83 bits per heavy atom. The fraction of sp³-hybridized carbons (Fsp3) is 0.846. The van der Waals surface area contributed by atoms with Crippen LogP contribution in [0, 0.1) is 11.8 Å². The van der Waals surface area contributed by atoms with Crippen molar-refractivity contribution in [3.63, 3.8) is 0 Å². The summed E-state index contributed by atoms with van der Waals surface area (Å²) >= 11 is 0. The molecule has 0 aromatic rings. The van der Waals surface area contributed by atoms with Gasteiger partial charge in [-0.05, 0) is 18.8 Å². The maximum absolute atomic E-state index is 12.0. The molecule has 18 heavy (non-hydrogen) atoms. The number of carboxylic acids is 1. The number of aliphatic carboxylic acids is 1. The van der Waals surface area contributed by atoms with Gasteiger partial charge in [0.25, 0.3) is 0 Å². The van der Waals surface area contributed by atoms with Gasteiger partial charge in [0.1, 0.15) is 6.04 Å². The summed E-state index contributed by atoms with van der Waals surface area (Å²) in [5, 5.41) is 11.5. The van der Waals surface area contributed by atoms with Crippen molar-refractivity contribution in [1.82, 2.24) is 10.2 Å². The molecule has 0 fully saturated rings. The van der Waals surface area contributed by atoms with E-state index in [0.29, 0.717) is 24.9 Å². The number of hydrogen-bond donors (Lipinski definition) is 2. The first-order chi connectivity index (χ1) is 8.23. The van der Waals surface area contributed by atoms with Gasteiger partial charge < -0.3 is 10.0 Å². The second kappa shape index (κ2) is 8.08. The average molecular weight is 258 g/mol. The largest absolute Gasteiger partial charge is 0.480 e.